The second-order valence-electron chi connectivity index (χ2n) is 3.64. The average molecular weight is 202 g/mol. The lowest BCUT2D eigenvalue weighted by Crippen LogP contribution is -2.43. The van der Waals surface area contributed by atoms with Crippen molar-refractivity contribution in [1.82, 2.24) is 10.6 Å². The monoisotopic (exact) mass is 202 g/mol. The Labute approximate surface area is 83.8 Å². The van der Waals surface area contributed by atoms with Gasteiger partial charge in [-0.25, -0.2) is 0 Å². The van der Waals surface area contributed by atoms with Crippen LogP contribution in [0.1, 0.15) is 13.3 Å². The predicted octanol–water partition coefficient (Wildman–Crippen LogP) is -1.14. The molecule has 1 aliphatic heterocycles. The zero-order valence-electron chi connectivity index (χ0n) is 8.62. The molecule has 0 spiro atoms. The lowest BCUT2D eigenvalue weighted by atomic mass is 10.2. The molecule has 0 saturated carbocycles. The molecule has 1 amide bonds. The van der Waals surface area contributed by atoms with Crippen LogP contribution in [-0.4, -0.2) is 49.5 Å². The molecule has 0 bridgehead atoms. The van der Waals surface area contributed by atoms with E-state index in [4.69, 9.17) is 4.74 Å². The van der Waals surface area contributed by atoms with E-state index < -0.39 is 6.10 Å². The number of hydrogen-bond donors (Lipinski definition) is 3. The number of carbonyl (C=O) groups is 1. The number of rotatable bonds is 4. The number of β-amino-alcohol motifs (C(OH)–C–C–N with tert-alkyl or cyclic N) is 1. The Morgan fingerprint density at radius 1 is 1.79 bits per heavy atom. The smallest absolute Gasteiger partial charge is 0.237 e. The third-order valence-electron chi connectivity index (χ3n) is 2.39. The van der Waals surface area contributed by atoms with Gasteiger partial charge in [0.15, 0.2) is 0 Å². The van der Waals surface area contributed by atoms with Crippen LogP contribution in [0.25, 0.3) is 0 Å². The first-order valence-electron chi connectivity index (χ1n) is 4.85. The number of carbonyl (C=O) groups excluding carboxylic acids is 1. The van der Waals surface area contributed by atoms with E-state index in [1.165, 1.54) is 0 Å². The average Bonchev–Trinajstić information content (AvgIpc) is 2.60. The number of hydrogen-bond acceptors (Lipinski definition) is 4. The summed E-state index contributed by atoms with van der Waals surface area (Å²) in [5.74, 6) is -0.0644. The van der Waals surface area contributed by atoms with Crippen LogP contribution < -0.4 is 10.6 Å². The fourth-order valence-corrected chi connectivity index (χ4v) is 1.37. The van der Waals surface area contributed by atoms with Gasteiger partial charge >= 0.3 is 0 Å². The molecule has 5 nitrogen and oxygen atoms in total. The summed E-state index contributed by atoms with van der Waals surface area (Å²) in [5.41, 5.74) is 0. The van der Waals surface area contributed by atoms with Crippen LogP contribution in [0.5, 0.6) is 0 Å². The molecule has 0 radical (unpaired) electrons. The van der Waals surface area contributed by atoms with E-state index in [0.717, 1.165) is 0 Å². The van der Waals surface area contributed by atoms with Gasteiger partial charge in [0.25, 0.3) is 0 Å². The molecular formula is C9H18N2O3. The molecule has 3 N–H and O–H groups in total. The topological polar surface area (TPSA) is 70.6 Å². The molecule has 14 heavy (non-hydrogen) atoms. The zero-order valence-corrected chi connectivity index (χ0v) is 8.62. The summed E-state index contributed by atoms with van der Waals surface area (Å²) >= 11 is 0. The van der Waals surface area contributed by atoms with Crippen LogP contribution in [0.4, 0.5) is 0 Å². The summed E-state index contributed by atoms with van der Waals surface area (Å²) in [5, 5.41) is 14.9. The molecule has 1 aliphatic rings. The van der Waals surface area contributed by atoms with Crippen LogP contribution in [-0.2, 0) is 9.53 Å². The zero-order chi connectivity index (χ0) is 10.6. The molecule has 0 aromatic rings. The largest absolute Gasteiger partial charge is 0.392 e. The van der Waals surface area contributed by atoms with E-state index in [2.05, 4.69) is 10.6 Å². The standard InChI is InChI=1S/C9H18N2O3/c1-6(14-2)4-11-9(13)8-3-7(12)5-10-8/h6-8,10,12H,3-5H2,1-2H3,(H,11,13). The maximum absolute atomic E-state index is 11.5. The number of amides is 1. The molecule has 1 saturated heterocycles. The van der Waals surface area contributed by atoms with Gasteiger partial charge in [-0.2, -0.15) is 0 Å². The highest BCUT2D eigenvalue weighted by Gasteiger charge is 2.27. The van der Waals surface area contributed by atoms with Gasteiger partial charge in [-0.1, -0.05) is 0 Å². The summed E-state index contributed by atoms with van der Waals surface area (Å²) in [6.07, 6.45) is 0.114. The SMILES string of the molecule is COC(C)CNC(=O)C1CC(O)CN1. The third-order valence-corrected chi connectivity index (χ3v) is 2.39. The normalized spacial score (nSPS) is 28.8. The van der Waals surface area contributed by atoms with Crippen LogP contribution in [0.2, 0.25) is 0 Å². The second kappa shape index (κ2) is 5.29. The van der Waals surface area contributed by atoms with E-state index >= 15 is 0 Å². The van der Waals surface area contributed by atoms with Gasteiger partial charge in [0.2, 0.25) is 5.91 Å². The molecule has 0 aromatic heterocycles. The Morgan fingerprint density at radius 3 is 3.00 bits per heavy atom. The van der Waals surface area contributed by atoms with Gasteiger partial charge in [-0.15, -0.1) is 0 Å². The quantitative estimate of drug-likeness (QED) is 0.539. The molecule has 82 valence electrons. The molecule has 0 aliphatic carbocycles. The molecule has 3 unspecified atom stereocenters. The highest BCUT2D eigenvalue weighted by atomic mass is 16.5. The molecule has 1 fully saturated rings. The van der Waals surface area contributed by atoms with Crippen molar-refractivity contribution in [2.24, 2.45) is 0 Å². The third kappa shape index (κ3) is 3.25. The number of aliphatic hydroxyl groups excluding tert-OH is 1. The van der Waals surface area contributed by atoms with Crippen LogP contribution >= 0.6 is 0 Å². The number of methoxy groups -OCH3 is 1. The van der Waals surface area contributed by atoms with Gasteiger partial charge in [-0.3, -0.25) is 4.79 Å². The first-order chi connectivity index (χ1) is 6.63. The number of ether oxygens (including phenoxy) is 1. The number of nitrogens with one attached hydrogen (secondary N) is 2. The van der Waals surface area contributed by atoms with Crippen LogP contribution in [0.3, 0.4) is 0 Å². The maximum atomic E-state index is 11.5. The van der Waals surface area contributed by atoms with Gasteiger partial charge in [0.05, 0.1) is 18.2 Å². The van der Waals surface area contributed by atoms with Crippen molar-refractivity contribution in [2.45, 2.75) is 31.6 Å². The Bertz CT molecular complexity index is 198. The van der Waals surface area contributed by atoms with E-state index in [0.29, 0.717) is 19.5 Å². The Hall–Kier alpha value is -0.650. The molecular weight excluding hydrogens is 184 g/mol. The minimum atomic E-state index is -0.398. The minimum absolute atomic E-state index is 0.0188. The molecule has 0 aromatic carbocycles. The Morgan fingerprint density at radius 2 is 2.50 bits per heavy atom. The lowest BCUT2D eigenvalue weighted by Gasteiger charge is -2.14. The van der Waals surface area contributed by atoms with Crippen molar-refractivity contribution in [3.8, 4) is 0 Å². The Kier molecular flexibility index (Phi) is 4.31. The first-order valence-corrected chi connectivity index (χ1v) is 4.85. The van der Waals surface area contributed by atoms with Crippen molar-refractivity contribution >= 4 is 5.91 Å². The van der Waals surface area contributed by atoms with Crippen molar-refractivity contribution in [3.05, 3.63) is 0 Å². The van der Waals surface area contributed by atoms with E-state index in [-0.39, 0.29) is 18.1 Å². The summed E-state index contributed by atoms with van der Waals surface area (Å²) < 4.78 is 5.00. The minimum Gasteiger partial charge on any atom is -0.392 e. The van der Waals surface area contributed by atoms with Crippen LogP contribution in [0, 0.1) is 0 Å². The fraction of sp³-hybridized carbons (Fsp3) is 0.889. The summed E-state index contributed by atoms with van der Waals surface area (Å²) in [4.78, 5) is 11.5. The first kappa shape index (κ1) is 11.4. The maximum Gasteiger partial charge on any atom is 0.237 e. The summed E-state index contributed by atoms with van der Waals surface area (Å²) in [6.45, 7) is 2.89. The molecule has 1 rings (SSSR count). The molecule has 5 heteroatoms. The Balaban J connectivity index is 2.22. The van der Waals surface area contributed by atoms with Gasteiger partial charge in [-0.05, 0) is 13.3 Å². The summed E-state index contributed by atoms with van der Waals surface area (Å²) in [6, 6.07) is -0.256. The summed E-state index contributed by atoms with van der Waals surface area (Å²) in [7, 11) is 1.61. The fourth-order valence-electron chi connectivity index (χ4n) is 1.37. The highest BCUT2D eigenvalue weighted by Crippen LogP contribution is 2.05. The van der Waals surface area contributed by atoms with Crippen LogP contribution in [0.15, 0.2) is 0 Å². The van der Waals surface area contributed by atoms with E-state index in [1.54, 1.807) is 7.11 Å². The highest BCUT2D eigenvalue weighted by molar-refractivity contribution is 5.82. The predicted molar refractivity (Wildman–Crippen MR) is 51.9 cm³/mol. The van der Waals surface area contributed by atoms with Gasteiger partial charge < -0.3 is 20.5 Å². The van der Waals surface area contributed by atoms with Crippen molar-refractivity contribution < 1.29 is 14.6 Å². The number of aliphatic hydroxyl groups is 1. The van der Waals surface area contributed by atoms with E-state index in [1.807, 2.05) is 6.92 Å². The van der Waals surface area contributed by atoms with Crippen molar-refractivity contribution in [1.29, 1.82) is 0 Å². The molecule has 1 heterocycles. The van der Waals surface area contributed by atoms with Crippen molar-refractivity contribution in [3.63, 3.8) is 0 Å². The second-order valence-corrected chi connectivity index (χ2v) is 3.64. The van der Waals surface area contributed by atoms with Crippen molar-refractivity contribution in [2.75, 3.05) is 20.2 Å². The van der Waals surface area contributed by atoms with Gasteiger partial charge in [0, 0.05) is 20.2 Å². The van der Waals surface area contributed by atoms with Gasteiger partial charge in [0.1, 0.15) is 0 Å². The van der Waals surface area contributed by atoms with E-state index in [9.17, 15) is 9.90 Å². The lowest BCUT2D eigenvalue weighted by molar-refractivity contribution is -0.123. The molecule has 3 atom stereocenters.